The van der Waals surface area contributed by atoms with E-state index in [4.69, 9.17) is 0 Å². The van der Waals surface area contributed by atoms with Gasteiger partial charge in [0.15, 0.2) is 0 Å². The second-order valence-corrected chi connectivity index (χ2v) is 5.21. The number of unbranched alkanes of at least 4 members (excludes halogenated alkanes) is 1. The molecule has 0 saturated heterocycles. The zero-order valence-electron chi connectivity index (χ0n) is 14.3. The van der Waals surface area contributed by atoms with Gasteiger partial charge in [0.05, 0.1) is 18.6 Å². The van der Waals surface area contributed by atoms with Gasteiger partial charge in [-0.2, -0.15) is 5.10 Å². The molecule has 0 aliphatic heterocycles. The fraction of sp³-hybridized carbons (Fsp3) is 0.733. The van der Waals surface area contributed by atoms with Crippen LogP contribution in [0.2, 0.25) is 0 Å². The predicted molar refractivity (Wildman–Crippen MR) is 92.7 cm³/mol. The standard InChI is InChI=1S/C15H30N6O/c1-5-7-10-21(12-18-9-8-17-6-2)14-13(16-3)11-19-20(4)15(14)22/h11,16-18H,5-10,12H2,1-4H3. The Hall–Kier alpha value is -1.60. The summed E-state index contributed by atoms with van der Waals surface area (Å²) in [5.41, 5.74) is 1.38. The minimum absolute atomic E-state index is 0.0727. The van der Waals surface area contributed by atoms with Crippen LogP contribution in [0.4, 0.5) is 11.4 Å². The highest BCUT2D eigenvalue weighted by molar-refractivity contribution is 5.67. The number of hydrogen-bond donors (Lipinski definition) is 3. The van der Waals surface area contributed by atoms with Gasteiger partial charge < -0.3 is 15.5 Å². The van der Waals surface area contributed by atoms with E-state index in [1.807, 2.05) is 7.05 Å². The maximum atomic E-state index is 12.5. The van der Waals surface area contributed by atoms with Gasteiger partial charge in [-0.15, -0.1) is 0 Å². The number of rotatable bonds is 11. The average molecular weight is 310 g/mol. The first-order chi connectivity index (χ1) is 10.7. The molecule has 1 rings (SSSR count). The number of nitrogens with zero attached hydrogens (tertiary/aromatic N) is 3. The minimum atomic E-state index is -0.0727. The molecule has 126 valence electrons. The van der Waals surface area contributed by atoms with Crippen LogP contribution in [0, 0.1) is 0 Å². The summed E-state index contributed by atoms with van der Waals surface area (Å²) in [7, 11) is 3.50. The first-order valence-electron chi connectivity index (χ1n) is 8.06. The Morgan fingerprint density at radius 1 is 1.27 bits per heavy atom. The van der Waals surface area contributed by atoms with Gasteiger partial charge in [-0.25, -0.2) is 4.68 Å². The highest BCUT2D eigenvalue weighted by Gasteiger charge is 2.16. The number of hydrogen-bond acceptors (Lipinski definition) is 6. The van der Waals surface area contributed by atoms with Crippen LogP contribution in [0.1, 0.15) is 26.7 Å². The van der Waals surface area contributed by atoms with E-state index in [0.29, 0.717) is 12.4 Å². The normalized spacial score (nSPS) is 10.7. The summed E-state index contributed by atoms with van der Waals surface area (Å²) in [4.78, 5) is 14.6. The summed E-state index contributed by atoms with van der Waals surface area (Å²) >= 11 is 0. The Labute approximate surface area is 133 Å². The number of likely N-dealkylation sites (N-methyl/N-ethyl adjacent to an activating group) is 1. The second-order valence-electron chi connectivity index (χ2n) is 5.21. The summed E-state index contributed by atoms with van der Waals surface area (Å²) in [6.45, 7) is 8.50. The van der Waals surface area contributed by atoms with E-state index >= 15 is 0 Å². The van der Waals surface area contributed by atoms with Crippen molar-refractivity contribution in [2.24, 2.45) is 7.05 Å². The van der Waals surface area contributed by atoms with Crippen molar-refractivity contribution in [3.05, 3.63) is 16.6 Å². The lowest BCUT2D eigenvalue weighted by atomic mass is 10.2. The van der Waals surface area contributed by atoms with E-state index in [9.17, 15) is 4.79 Å². The second kappa shape index (κ2) is 10.2. The van der Waals surface area contributed by atoms with Crippen molar-refractivity contribution < 1.29 is 0 Å². The van der Waals surface area contributed by atoms with Crippen LogP contribution in [-0.4, -0.2) is 49.7 Å². The molecule has 0 aliphatic carbocycles. The first kappa shape index (κ1) is 18.4. The summed E-state index contributed by atoms with van der Waals surface area (Å²) in [6.07, 6.45) is 3.84. The molecular weight excluding hydrogens is 280 g/mol. The number of nitrogens with one attached hydrogen (secondary N) is 3. The molecule has 0 fully saturated rings. The van der Waals surface area contributed by atoms with Gasteiger partial charge in [-0.3, -0.25) is 10.1 Å². The molecule has 22 heavy (non-hydrogen) atoms. The van der Waals surface area contributed by atoms with Crippen molar-refractivity contribution in [1.82, 2.24) is 20.4 Å². The van der Waals surface area contributed by atoms with Crippen LogP contribution in [0.25, 0.3) is 0 Å². The molecule has 1 aromatic heterocycles. The van der Waals surface area contributed by atoms with Crippen molar-refractivity contribution in [3.8, 4) is 0 Å². The topological polar surface area (TPSA) is 74.2 Å². The molecule has 0 unspecified atom stereocenters. The van der Waals surface area contributed by atoms with Crippen LogP contribution >= 0.6 is 0 Å². The molecule has 0 amide bonds. The molecule has 7 heteroatoms. The van der Waals surface area contributed by atoms with Crippen molar-refractivity contribution in [2.75, 3.05) is 50.1 Å². The summed E-state index contributed by atoms with van der Waals surface area (Å²) in [5.74, 6) is 0. The molecule has 3 N–H and O–H groups in total. The summed E-state index contributed by atoms with van der Waals surface area (Å²) < 4.78 is 1.38. The van der Waals surface area contributed by atoms with Crippen molar-refractivity contribution in [2.45, 2.75) is 26.7 Å². The van der Waals surface area contributed by atoms with Crippen LogP contribution < -0.4 is 26.4 Å². The monoisotopic (exact) mass is 310 g/mol. The van der Waals surface area contributed by atoms with Crippen LogP contribution in [0.3, 0.4) is 0 Å². The lowest BCUT2D eigenvalue weighted by Crippen LogP contribution is -2.41. The fourth-order valence-electron chi connectivity index (χ4n) is 2.20. The largest absolute Gasteiger partial charge is 0.385 e. The van der Waals surface area contributed by atoms with Gasteiger partial charge in [0.1, 0.15) is 5.69 Å². The number of aromatic nitrogens is 2. The zero-order valence-corrected chi connectivity index (χ0v) is 14.3. The van der Waals surface area contributed by atoms with Gasteiger partial charge >= 0.3 is 0 Å². The predicted octanol–water partition coefficient (Wildman–Crippen LogP) is 0.585. The maximum Gasteiger partial charge on any atom is 0.292 e. The van der Waals surface area contributed by atoms with Gasteiger partial charge in [-0.05, 0) is 13.0 Å². The molecule has 1 heterocycles. The number of anilines is 2. The van der Waals surface area contributed by atoms with E-state index in [1.165, 1.54) is 4.68 Å². The molecule has 1 aromatic rings. The molecular formula is C15H30N6O. The Kier molecular flexibility index (Phi) is 8.54. The van der Waals surface area contributed by atoms with Gasteiger partial charge in [0, 0.05) is 33.7 Å². The highest BCUT2D eigenvalue weighted by Crippen LogP contribution is 2.19. The first-order valence-corrected chi connectivity index (χ1v) is 8.06. The SMILES string of the molecule is CCCCN(CNCCNCC)c1c(NC)cnn(C)c1=O. The average Bonchev–Trinajstić information content (AvgIpc) is 2.53. The molecule has 0 spiro atoms. The molecule has 0 aromatic carbocycles. The molecule has 0 aliphatic rings. The van der Waals surface area contributed by atoms with E-state index in [2.05, 4.69) is 39.8 Å². The Bertz CT molecular complexity index is 487. The molecule has 0 bridgehead atoms. The molecule has 0 saturated carbocycles. The van der Waals surface area contributed by atoms with E-state index < -0.39 is 0 Å². The highest BCUT2D eigenvalue weighted by atomic mass is 16.1. The third-order valence-corrected chi connectivity index (χ3v) is 3.51. The lowest BCUT2D eigenvalue weighted by Gasteiger charge is -2.26. The summed E-state index contributed by atoms with van der Waals surface area (Å²) in [5, 5.41) is 13.8. The molecule has 0 atom stereocenters. The van der Waals surface area contributed by atoms with Crippen LogP contribution in [-0.2, 0) is 7.05 Å². The quantitative estimate of drug-likeness (QED) is 0.410. The Balaban J connectivity index is 2.86. The van der Waals surface area contributed by atoms with Crippen LogP contribution in [0.5, 0.6) is 0 Å². The lowest BCUT2D eigenvalue weighted by molar-refractivity contribution is 0.591. The maximum absolute atomic E-state index is 12.5. The van der Waals surface area contributed by atoms with E-state index in [0.717, 1.165) is 44.7 Å². The van der Waals surface area contributed by atoms with Crippen molar-refractivity contribution in [1.29, 1.82) is 0 Å². The van der Waals surface area contributed by atoms with Crippen molar-refractivity contribution in [3.63, 3.8) is 0 Å². The van der Waals surface area contributed by atoms with E-state index in [1.54, 1.807) is 13.2 Å². The van der Waals surface area contributed by atoms with Crippen LogP contribution in [0.15, 0.2) is 11.0 Å². The zero-order chi connectivity index (χ0) is 16.4. The Morgan fingerprint density at radius 3 is 2.64 bits per heavy atom. The third kappa shape index (κ3) is 5.31. The molecule has 0 radical (unpaired) electrons. The van der Waals surface area contributed by atoms with Gasteiger partial charge in [0.2, 0.25) is 0 Å². The van der Waals surface area contributed by atoms with E-state index in [-0.39, 0.29) is 5.56 Å². The smallest absolute Gasteiger partial charge is 0.292 e. The number of aryl methyl sites for hydroxylation is 1. The Morgan fingerprint density at radius 2 is 2.00 bits per heavy atom. The minimum Gasteiger partial charge on any atom is -0.385 e. The van der Waals surface area contributed by atoms with Crippen molar-refractivity contribution >= 4 is 11.4 Å². The molecule has 7 nitrogen and oxygen atoms in total. The fourth-order valence-corrected chi connectivity index (χ4v) is 2.20. The van der Waals surface area contributed by atoms with Gasteiger partial charge in [-0.1, -0.05) is 20.3 Å². The van der Waals surface area contributed by atoms with Gasteiger partial charge in [0.25, 0.3) is 5.56 Å². The third-order valence-electron chi connectivity index (χ3n) is 3.51. The summed E-state index contributed by atoms with van der Waals surface area (Å²) in [6, 6.07) is 0.